The van der Waals surface area contributed by atoms with Crippen molar-refractivity contribution in [3.05, 3.63) is 105 Å². The van der Waals surface area contributed by atoms with Crippen LogP contribution in [0, 0.1) is 11.8 Å². The van der Waals surface area contributed by atoms with Crippen molar-refractivity contribution in [1.29, 1.82) is 0 Å². The molecule has 1 aliphatic rings. The number of hydrogen-bond donors (Lipinski definition) is 5. The molecule has 424 valence electrons. The third kappa shape index (κ3) is 35.4. The first-order valence-corrected chi connectivity index (χ1v) is 30.0. The first kappa shape index (κ1) is 69.1. The van der Waals surface area contributed by atoms with Crippen LogP contribution in [0.25, 0.3) is 0 Å². The molecule has 0 aromatic carbocycles. The van der Waals surface area contributed by atoms with Crippen molar-refractivity contribution >= 4 is 13.7 Å². The molecule has 2 unspecified atom stereocenters. The number of rotatable bonds is 39. The Morgan fingerprint density at radius 1 is 0.527 bits per heavy atom. The number of hydrogen-bond acceptors (Lipinski definition) is 8. The molecular formula is C63H108NO9P. The maximum atomic E-state index is 12.7. The van der Waals surface area contributed by atoms with E-state index in [-0.39, 0.29) is 12.5 Å². The lowest BCUT2D eigenvalue weighted by Gasteiger charge is -2.42. The van der Waals surface area contributed by atoms with Crippen LogP contribution < -0.4 is 5.32 Å². The van der Waals surface area contributed by atoms with Crippen LogP contribution in [0.1, 0.15) is 231 Å². The molecule has 1 fully saturated rings. The Labute approximate surface area is 452 Å². The number of nitrogens with one attached hydrogen (secondary N) is 1. The summed E-state index contributed by atoms with van der Waals surface area (Å²) in [6, 6.07) is -1.34. The van der Waals surface area contributed by atoms with E-state index >= 15 is 0 Å². The normalized spacial score (nSPS) is 21.6. The van der Waals surface area contributed by atoms with Crippen LogP contribution in [-0.4, -0.2) is 70.0 Å². The average Bonchev–Trinajstić information content (AvgIpc) is 3.31. The second-order valence-corrected chi connectivity index (χ2v) is 23.8. The minimum Gasteiger partial charge on any atom is -0.394 e. The highest BCUT2D eigenvalue weighted by Crippen LogP contribution is 2.47. The second kappa shape index (κ2) is 40.3. The third-order valence-electron chi connectivity index (χ3n) is 14.1. The molecule has 0 aromatic rings. The van der Waals surface area contributed by atoms with Crippen molar-refractivity contribution in [2.45, 2.75) is 262 Å². The van der Waals surface area contributed by atoms with Crippen LogP contribution in [0.2, 0.25) is 0 Å². The maximum absolute atomic E-state index is 12.7. The number of ether oxygens (including phenoxy) is 1. The first-order valence-electron chi connectivity index (χ1n) is 28.5. The molecule has 1 saturated heterocycles. The number of carbonyl (C=O) groups excluding carboxylic acids is 1. The lowest BCUT2D eigenvalue weighted by atomic mass is 9.97. The van der Waals surface area contributed by atoms with Crippen molar-refractivity contribution in [3.8, 4) is 0 Å². The monoisotopic (exact) mass is 1050 g/mol. The van der Waals surface area contributed by atoms with E-state index in [0.717, 1.165) is 109 Å². The Morgan fingerprint density at radius 2 is 0.865 bits per heavy atom. The molecule has 1 aliphatic heterocycles. The fraction of sp³-hybridized carbons (Fsp3) is 0.698. The number of aliphatic hydroxyl groups is 3. The van der Waals surface area contributed by atoms with Gasteiger partial charge in [-0.1, -0.05) is 132 Å². The lowest BCUT2D eigenvalue weighted by Crippen LogP contribution is -2.64. The molecule has 0 aromatic heterocycles. The molecule has 0 saturated carbocycles. The standard InChI is InChI=1S/C63H108NO9P/c1-47(2)24-14-25-48(3)26-15-27-49(4)28-16-29-50(5)30-17-31-51(6)32-18-33-52(7)34-19-35-53(8)36-20-37-54(9)38-21-39-55(10)40-22-41-56(11)42-23-43-57(12)44-45-71-74(69,70)73-63-60(64-58(13)66)62(68)61(67)59(46-65)72-63/h26,28,30,32,34,36,38,40,42,47,57,59-63,65,67-68H,14-25,27,29,31,33,35,37,39,41,43-46H2,1-13H3,(H,64,66)(H,69,70)/b48-26+,49-28+,50-30-,51-32-,52-34-,53-36-,54-38-,55-40-,56-42-/t57?,59-,60-,61-,62-,63-/m1/s1. The van der Waals surface area contributed by atoms with E-state index in [9.17, 15) is 29.6 Å². The molecule has 0 spiro atoms. The van der Waals surface area contributed by atoms with Crippen LogP contribution >= 0.6 is 7.82 Å². The highest BCUT2D eigenvalue weighted by Gasteiger charge is 2.48. The smallest absolute Gasteiger partial charge is 0.394 e. The van der Waals surface area contributed by atoms with Gasteiger partial charge in [-0.3, -0.25) is 13.8 Å². The molecule has 10 nitrogen and oxygen atoms in total. The summed E-state index contributed by atoms with van der Waals surface area (Å²) in [7, 11) is -4.66. The van der Waals surface area contributed by atoms with Crippen molar-refractivity contribution in [1.82, 2.24) is 5.32 Å². The number of amides is 1. The number of carbonyl (C=O) groups is 1. The van der Waals surface area contributed by atoms with Gasteiger partial charge in [0, 0.05) is 6.92 Å². The topological polar surface area (TPSA) is 155 Å². The quantitative estimate of drug-likeness (QED) is 0.0299. The summed E-state index contributed by atoms with van der Waals surface area (Å²) in [6.07, 6.45) is 39.7. The Bertz CT molecular complexity index is 1930. The van der Waals surface area contributed by atoms with E-state index in [0.29, 0.717) is 6.42 Å². The molecule has 0 bridgehead atoms. The summed E-state index contributed by atoms with van der Waals surface area (Å²) in [5.41, 5.74) is 13.3. The highest BCUT2D eigenvalue weighted by atomic mass is 31.2. The number of phosphoric ester groups is 1. The average molecular weight is 1050 g/mol. The number of phosphoric acid groups is 1. The molecule has 11 heteroatoms. The van der Waals surface area contributed by atoms with Crippen LogP contribution in [0.15, 0.2) is 105 Å². The van der Waals surface area contributed by atoms with Crippen LogP contribution in [0.5, 0.6) is 0 Å². The number of allylic oxidation sites excluding steroid dienone is 18. The van der Waals surface area contributed by atoms with Gasteiger partial charge < -0.3 is 30.3 Å². The van der Waals surface area contributed by atoms with Gasteiger partial charge in [0.15, 0.2) is 6.29 Å². The summed E-state index contributed by atoms with van der Waals surface area (Å²) in [5, 5.41) is 32.4. The molecule has 1 heterocycles. The Morgan fingerprint density at radius 3 is 1.19 bits per heavy atom. The molecular weight excluding hydrogens is 946 g/mol. The zero-order valence-electron chi connectivity index (χ0n) is 49.0. The third-order valence-corrected chi connectivity index (χ3v) is 15.1. The van der Waals surface area contributed by atoms with Crippen LogP contribution in [0.3, 0.4) is 0 Å². The lowest BCUT2D eigenvalue weighted by molar-refractivity contribution is -0.248. The van der Waals surface area contributed by atoms with Gasteiger partial charge in [0.05, 0.1) is 13.2 Å². The zero-order chi connectivity index (χ0) is 55.5. The predicted molar refractivity (Wildman–Crippen MR) is 312 cm³/mol. The molecule has 74 heavy (non-hydrogen) atoms. The zero-order valence-corrected chi connectivity index (χ0v) is 49.9. The summed E-state index contributed by atoms with van der Waals surface area (Å²) >= 11 is 0. The highest BCUT2D eigenvalue weighted by molar-refractivity contribution is 7.47. The van der Waals surface area contributed by atoms with Gasteiger partial charge >= 0.3 is 7.82 Å². The first-order chi connectivity index (χ1) is 35.0. The predicted octanol–water partition coefficient (Wildman–Crippen LogP) is 16.5. The van der Waals surface area contributed by atoms with Gasteiger partial charge in [0.1, 0.15) is 24.4 Å². The molecule has 5 N–H and O–H groups in total. The summed E-state index contributed by atoms with van der Waals surface area (Å²) in [4.78, 5) is 22.0. The molecule has 0 radical (unpaired) electrons. The summed E-state index contributed by atoms with van der Waals surface area (Å²) < 4.78 is 28.4. The van der Waals surface area contributed by atoms with Crippen molar-refractivity contribution in [2.75, 3.05) is 13.2 Å². The minimum atomic E-state index is -4.66. The van der Waals surface area contributed by atoms with Crippen LogP contribution in [0.4, 0.5) is 0 Å². The van der Waals surface area contributed by atoms with E-state index < -0.39 is 51.0 Å². The minimum absolute atomic E-state index is 0.0496. The van der Waals surface area contributed by atoms with E-state index in [1.807, 2.05) is 0 Å². The van der Waals surface area contributed by atoms with E-state index in [1.165, 1.54) is 83.6 Å². The van der Waals surface area contributed by atoms with Gasteiger partial charge in [-0.05, 0) is 209 Å². The van der Waals surface area contributed by atoms with Crippen LogP contribution in [-0.2, 0) is 23.1 Å². The van der Waals surface area contributed by atoms with Crippen molar-refractivity contribution in [3.63, 3.8) is 0 Å². The largest absolute Gasteiger partial charge is 0.474 e. The van der Waals surface area contributed by atoms with E-state index in [2.05, 4.69) is 143 Å². The fourth-order valence-corrected chi connectivity index (χ4v) is 9.77. The second-order valence-electron chi connectivity index (χ2n) is 22.4. The van der Waals surface area contributed by atoms with Crippen molar-refractivity contribution in [2.24, 2.45) is 11.8 Å². The molecule has 0 aliphatic carbocycles. The Hall–Kier alpha value is -2.92. The van der Waals surface area contributed by atoms with E-state index in [1.54, 1.807) is 5.57 Å². The molecule has 7 atom stereocenters. The summed E-state index contributed by atoms with van der Waals surface area (Å²) in [5.74, 6) is 0.454. The van der Waals surface area contributed by atoms with Gasteiger partial charge in [0.2, 0.25) is 5.91 Å². The van der Waals surface area contributed by atoms with E-state index in [4.69, 9.17) is 13.8 Å². The van der Waals surface area contributed by atoms with Gasteiger partial charge in [-0.2, -0.15) is 0 Å². The Kier molecular flexibility index (Phi) is 37.6. The fourth-order valence-electron chi connectivity index (χ4n) is 8.93. The van der Waals surface area contributed by atoms with Crippen molar-refractivity contribution < 1.29 is 43.4 Å². The van der Waals surface area contributed by atoms with Gasteiger partial charge in [-0.25, -0.2) is 4.57 Å². The SMILES string of the molecule is CC(=O)N[C@H]1[C@@H](OP(=O)(O)OCCC(C)CC/C=C(/C)CC/C=C(/C)CC/C=C(/C)CC/C=C(/C)CC/C=C(/C)CC/C=C(/C)CC/C=C(/C)CC/C=C(\C)CC/C=C(\C)CCCC(C)C)O[C@H](CO)[C@@H](O)[C@@H]1O. The molecule has 1 rings (SSSR count). The summed E-state index contributed by atoms with van der Waals surface area (Å²) in [6.45, 7) is 27.5. The van der Waals surface area contributed by atoms with Gasteiger partial charge in [-0.15, -0.1) is 0 Å². The maximum Gasteiger partial charge on any atom is 0.474 e. The Balaban J connectivity index is 2.27. The molecule has 1 amide bonds. The number of aliphatic hydroxyl groups excluding tert-OH is 3. The van der Waals surface area contributed by atoms with Gasteiger partial charge in [0.25, 0.3) is 0 Å².